The molecule has 0 spiro atoms. The molecule has 0 aliphatic heterocycles. The van der Waals surface area contributed by atoms with Gasteiger partial charge in [0.25, 0.3) is 0 Å². The summed E-state index contributed by atoms with van der Waals surface area (Å²) in [6, 6.07) is 3.44. The van der Waals surface area contributed by atoms with E-state index in [-0.39, 0.29) is 0 Å². The van der Waals surface area contributed by atoms with Crippen molar-refractivity contribution < 1.29 is 13.9 Å². The zero-order valence-corrected chi connectivity index (χ0v) is 11.0. The molecule has 0 saturated heterocycles. The Morgan fingerprint density at radius 2 is 1.89 bits per heavy atom. The van der Waals surface area contributed by atoms with Gasteiger partial charge in [-0.25, -0.2) is 4.98 Å². The fourth-order valence-corrected chi connectivity index (χ4v) is 2.35. The first-order valence-corrected chi connectivity index (χ1v) is 5.91. The van der Waals surface area contributed by atoms with Crippen LogP contribution in [-0.2, 0) is 0 Å². The molecule has 0 bridgehead atoms. The van der Waals surface area contributed by atoms with Gasteiger partial charge in [0.05, 0.1) is 41.9 Å². The monoisotopic (exact) mass is 280 g/mol. The molecular weight excluding hydrogens is 271 g/mol. The molecular formula is C13H10ClFN2O2. The van der Waals surface area contributed by atoms with Crippen LogP contribution in [0.2, 0.25) is 5.02 Å². The van der Waals surface area contributed by atoms with E-state index in [1.54, 1.807) is 19.2 Å². The number of aromatic amines is 1. The third kappa shape index (κ3) is 1.69. The van der Waals surface area contributed by atoms with Crippen LogP contribution in [0.25, 0.3) is 21.8 Å². The van der Waals surface area contributed by atoms with Crippen molar-refractivity contribution in [3.8, 4) is 11.5 Å². The second-order valence-electron chi connectivity index (χ2n) is 4.02. The molecule has 0 unspecified atom stereocenters. The first kappa shape index (κ1) is 12.0. The lowest BCUT2D eigenvalue weighted by Crippen LogP contribution is -1.90. The second-order valence-corrected chi connectivity index (χ2v) is 4.43. The van der Waals surface area contributed by atoms with Crippen molar-refractivity contribution in [3.63, 3.8) is 0 Å². The highest BCUT2D eigenvalue weighted by Crippen LogP contribution is 2.37. The van der Waals surface area contributed by atoms with Crippen LogP contribution in [0.15, 0.2) is 18.3 Å². The molecule has 98 valence electrons. The van der Waals surface area contributed by atoms with Gasteiger partial charge in [-0.2, -0.15) is 4.39 Å². The molecule has 0 aliphatic carbocycles. The van der Waals surface area contributed by atoms with Crippen LogP contribution in [0, 0.1) is 5.95 Å². The average Bonchev–Trinajstić information content (AvgIpc) is 2.80. The smallest absolute Gasteiger partial charge is 0.223 e. The molecule has 1 aromatic carbocycles. The van der Waals surface area contributed by atoms with Gasteiger partial charge >= 0.3 is 0 Å². The minimum absolute atomic E-state index is 0.350. The zero-order chi connectivity index (χ0) is 13.6. The Labute approximate surface area is 113 Å². The first-order valence-electron chi connectivity index (χ1n) is 5.53. The van der Waals surface area contributed by atoms with Gasteiger partial charge in [-0.3, -0.25) is 0 Å². The number of rotatable bonds is 2. The molecule has 0 saturated carbocycles. The largest absolute Gasteiger partial charge is 0.493 e. The second kappa shape index (κ2) is 4.28. The van der Waals surface area contributed by atoms with Crippen LogP contribution >= 0.6 is 11.6 Å². The fourth-order valence-electron chi connectivity index (χ4n) is 2.16. The van der Waals surface area contributed by atoms with E-state index in [1.165, 1.54) is 13.3 Å². The van der Waals surface area contributed by atoms with Crippen LogP contribution < -0.4 is 9.47 Å². The molecule has 0 aliphatic rings. The molecule has 6 heteroatoms. The highest BCUT2D eigenvalue weighted by Gasteiger charge is 2.16. The maximum absolute atomic E-state index is 13.9. The van der Waals surface area contributed by atoms with Crippen LogP contribution in [0.3, 0.4) is 0 Å². The maximum Gasteiger partial charge on any atom is 0.223 e. The van der Waals surface area contributed by atoms with E-state index in [0.717, 1.165) is 0 Å². The van der Waals surface area contributed by atoms with Gasteiger partial charge < -0.3 is 14.5 Å². The predicted octanol–water partition coefficient (Wildman–Crippen LogP) is 3.53. The maximum atomic E-state index is 13.9. The molecule has 0 fully saturated rings. The number of pyridine rings is 1. The molecule has 0 atom stereocenters. The highest BCUT2D eigenvalue weighted by molar-refractivity contribution is 6.36. The number of aromatic nitrogens is 2. The Morgan fingerprint density at radius 3 is 2.58 bits per heavy atom. The Hall–Kier alpha value is -2.01. The molecule has 3 aromatic rings. The van der Waals surface area contributed by atoms with Gasteiger partial charge in [0.15, 0.2) is 11.5 Å². The molecule has 4 nitrogen and oxygen atoms in total. The summed E-state index contributed by atoms with van der Waals surface area (Å²) in [5.74, 6) is 0.513. The van der Waals surface area contributed by atoms with Gasteiger partial charge in [0.2, 0.25) is 5.95 Å². The van der Waals surface area contributed by atoms with E-state index in [9.17, 15) is 4.39 Å². The summed E-state index contributed by atoms with van der Waals surface area (Å²) in [5.41, 5.74) is 1.22. The molecule has 2 aromatic heterocycles. The topological polar surface area (TPSA) is 47.1 Å². The van der Waals surface area contributed by atoms with Gasteiger partial charge in [-0.1, -0.05) is 11.6 Å². The Morgan fingerprint density at radius 1 is 1.21 bits per heavy atom. The summed E-state index contributed by atoms with van der Waals surface area (Å²) in [4.78, 5) is 6.70. The van der Waals surface area contributed by atoms with Crippen molar-refractivity contribution >= 4 is 33.4 Å². The number of methoxy groups -OCH3 is 2. The van der Waals surface area contributed by atoms with E-state index in [0.29, 0.717) is 38.3 Å². The van der Waals surface area contributed by atoms with Crippen LogP contribution in [0.1, 0.15) is 0 Å². The van der Waals surface area contributed by atoms with Gasteiger partial charge in [-0.05, 0) is 6.07 Å². The fraction of sp³-hybridized carbons (Fsp3) is 0.154. The van der Waals surface area contributed by atoms with Crippen molar-refractivity contribution in [3.05, 3.63) is 29.3 Å². The summed E-state index contributed by atoms with van der Waals surface area (Å²) in [7, 11) is 3.07. The van der Waals surface area contributed by atoms with Crippen molar-refractivity contribution in [2.45, 2.75) is 0 Å². The molecule has 1 N–H and O–H groups in total. The summed E-state index contributed by atoms with van der Waals surface area (Å²) in [6.07, 6.45) is 1.28. The summed E-state index contributed by atoms with van der Waals surface area (Å²) in [5, 5.41) is 1.37. The number of ether oxygens (including phenoxy) is 2. The lowest BCUT2D eigenvalue weighted by atomic mass is 10.1. The first-order chi connectivity index (χ1) is 9.15. The molecule has 0 amide bonds. The Kier molecular flexibility index (Phi) is 2.71. The third-order valence-corrected chi connectivity index (χ3v) is 3.33. The van der Waals surface area contributed by atoms with E-state index in [4.69, 9.17) is 21.1 Å². The lowest BCUT2D eigenvalue weighted by Gasteiger charge is -2.07. The van der Waals surface area contributed by atoms with Gasteiger partial charge in [-0.15, -0.1) is 0 Å². The van der Waals surface area contributed by atoms with Crippen LogP contribution in [0.5, 0.6) is 11.5 Å². The van der Waals surface area contributed by atoms with Crippen molar-refractivity contribution in [1.82, 2.24) is 9.97 Å². The summed E-state index contributed by atoms with van der Waals surface area (Å²) < 4.78 is 24.3. The molecule has 3 rings (SSSR count). The third-order valence-electron chi connectivity index (χ3n) is 3.04. The number of hydrogen-bond donors (Lipinski definition) is 1. The summed E-state index contributed by atoms with van der Waals surface area (Å²) >= 11 is 6.02. The highest BCUT2D eigenvalue weighted by atomic mass is 35.5. The van der Waals surface area contributed by atoms with E-state index < -0.39 is 5.95 Å². The van der Waals surface area contributed by atoms with E-state index in [1.807, 2.05) is 0 Å². The summed E-state index contributed by atoms with van der Waals surface area (Å²) in [6.45, 7) is 0. The number of nitrogens with zero attached hydrogens (tertiary/aromatic N) is 1. The minimum Gasteiger partial charge on any atom is -0.493 e. The van der Waals surface area contributed by atoms with Gasteiger partial charge in [0, 0.05) is 11.5 Å². The SMILES string of the molecule is COc1cc2[nH]c3c(Cl)cnc(F)c3c2cc1OC. The van der Waals surface area contributed by atoms with Gasteiger partial charge in [0.1, 0.15) is 0 Å². The Bertz CT molecular complexity index is 785. The lowest BCUT2D eigenvalue weighted by molar-refractivity contribution is 0.356. The van der Waals surface area contributed by atoms with Crippen molar-refractivity contribution in [1.29, 1.82) is 0 Å². The quantitative estimate of drug-likeness (QED) is 0.731. The van der Waals surface area contributed by atoms with Crippen molar-refractivity contribution in [2.75, 3.05) is 14.2 Å². The number of H-pyrrole nitrogens is 1. The minimum atomic E-state index is -0.571. The normalized spacial score (nSPS) is 11.2. The number of hydrogen-bond acceptors (Lipinski definition) is 3. The number of fused-ring (bicyclic) bond motifs is 3. The van der Waals surface area contributed by atoms with E-state index in [2.05, 4.69) is 9.97 Å². The molecule has 2 heterocycles. The number of nitrogens with one attached hydrogen (secondary N) is 1. The van der Waals surface area contributed by atoms with Crippen LogP contribution in [-0.4, -0.2) is 24.2 Å². The molecule has 19 heavy (non-hydrogen) atoms. The van der Waals surface area contributed by atoms with Crippen molar-refractivity contribution in [2.24, 2.45) is 0 Å². The number of benzene rings is 1. The molecule has 0 radical (unpaired) electrons. The zero-order valence-electron chi connectivity index (χ0n) is 10.3. The van der Waals surface area contributed by atoms with E-state index >= 15 is 0 Å². The Balaban J connectivity index is 2.48. The predicted molar refractivity (Wildman–Crippen MR) is 71.7 cm³/mol. The standard InChI is InChI=1S/C13H10ClFN2O2/c1-18-9-3-6-8(4-10(9)19-2)17-12-7(14)5-16-13(15)11(6)12/h3-5,17H,1-2H3. The average molecular weight is 281 g/mol. The number of halogens is 2. The van der Waals surface area contributed by atoms with Crippen LogP contribution in [0.4, 0.5) is 4.39 Å².